The molecule has 0 aliphatic heterocycles. The number of alkyl halides is 1. The zero-order chi connectivity index (χ0) is 12.8. The molecule has 1 fully saturated rings. The van der Waals surface area contributed by atoms with Crippen LogP contribution in [0.5, 0.6) is 0 Å². The number of hydrogen-bond donors (Lipinski definition) is 1. The van der Waals surface area contributed by atoms with E-state index in [9.17, 15) is 4.79 Å². The van der Waals surface area contributed by atoms with Crippen molar-refractivity contribution in [3.63, 3.8) is 0 Å². The molecule has 1 aliphatic rings. The minimum absolute atomic E-state index is 0.176. The number of carbonyl (C=O) groups excluding carboxylic acids is 1. The Balaban J connectivity index is 2.07. The molecule has 0 bridgehead atoms. The van der Waals surface area contributed by atoms with Crippen molar-refractivity contribution < 1.29 is 9.53 Å². The number of rotatable bonds is 7. The average Bonchev–Trinajstić information content (AvgIpc) is 2.22. The van der Waals surface area contributed by atoms with Crippen molar-refractivity contribution in [3.05, 3.63) is 0 Å². The Morgan fingerprint density at radius 1 is 1.47 bits per heavy atom. The highest BCUT2D eigenvalue weighted by Crippen LogP contribution is 2.32. The van der Waals surface area contributed by atoms with E-state index >= 15 is 0 Å². The van der Waals surface area contributed by atoms with Gasteiger partial charge in [-0.1, -0.05) is 29.8 Å². The van der Waals surface area contributed by atoms with E-state index in [-0.39, 0.29) is 5.91 Å². The maximum Gasteiger partial charge on any atom is 0.220 e. The molecule has 0 aromatic heterocycles. The van der Waals surface area contributed by atoms with Crippen molar-refractivity contribution in [2.45, 2.75) is 51.0 Å². The van der Waals surface area contributed by atoms with Gasteiger partial charge in [0.25, 0.3) is 0 Å². The van der Waals surface area contributed by atoms with E-state index in [0.29, 0.717) is 29.2 Å². The van der Waals surface area contributed by atoms with Crippen LogP contribution >= 0.6 is 15.9 Å². The normalized spacial score (nSPS) is 25.5. The van der Waals surface area contributed by atoms with Crippen LogP contribution in [0.2, 0.25) is 0 Å². The maximum absolute atomic E-state index is 11.7. The van der Waals surface area contributed by atoms with Crippen molar-refractivity contribution >= 4 is 21.8 Å². The van der Waals surface area contributed by atoms with Gasteiger partial charge >= 0.3 is 0 Å². The van der Waals surface area contributed by atoms with Gasteiger partial charge in [0.05, 0.1) is 6.10 Å². The van der Waals surface area contributed by atoms with Crippen molar-refractivity contribution in [2.75, 3.05) is 13.2 Å². The summed E-state index contributed by atoms with van der Waals surface area (Å²) in [4.78, 5) is 12.0. The Morgan fingerprint density at radius 3 is 2.65 bits per heavy atom. The van der Waals surface area contributed by atoms with Crippen LogP contribution in [-0.4, -0.2) is 30.0 Å². The monoisotopic (exact) mass is 305 g/mol. The lowest BCUT2D eigenvalue weighted by atomic mass is 9.80. The highest BCUT2D eigenvalue weighted by atomic mass is 79.9. The fraction of sp³-hybridized carbons (Fsp3) is 0.923. The van der Waals surface area contributed by atoms with Gasteiger partial charge in [-0.3, -0.25) is 4.79 Å². The van der Waals surface area contributed by atoms with Crippen LogP contribution in [0.15, 0.2) is 0 Å². The molecule has 1 aliphatic carbocycles. The first-order valence-electron chi connectivity index (χ1n) is 6.55. The van der Waals surface area contributed by atoms with Gasteiger partial charge in [-0.25, -0.2) is 0 Å². The fourth-order valence-corrected chi connectivity index (χ4v) is 2.16. The summed E-state index contributed by atoms with van der Waals surface area (Å²) in [7, 11) is 0. The molecular weight excluding hydrogens is 282 g/mol. The molecule has 1 unspecified atom stereocenters. The Kier molecular flexibility index (Phi) is 6.49. The molecular formula is C13H24BrNO2. The summed E-state index contributed by atoms with van der Waals surface area (Å²) in [6.07, 6.45) is 3.14. The van der Waals surface area contributed by atoms with Crippen LogP contribution in [0.25, 0.3) is 0 Å². The van der Waals surface area contributed by atoms with Crippen LogP contribution in [-0.2, 0) is 9.53 Å². The molecule has 0 aromatic rings. The third-order valence-electron chi connectivity index (χ3n) is 3.29. The van der Waals surface area contributed by atoms with E-state index in [1.165, 1.54) is 0 Å². The second-order valence-electron chi connectivity index (χ2n) is 5.18. The molecule has 1 N–H and O–H groups in total. The third-order valence-corrected chi connectivity index (χ3v) is 4.67. The molecule has 1 saturated carbocycles. The van der Waals surface area contributed by atoms with Gasteiger partial charge in [0.1, 0.15) is 0 Å². The van der Waals surface area contributed by atoms with Crippen LogP contribution < -0.4 is 5.32 Å². The summed E-state index contributed by atoms with van der Waals surface area (Å²) >= 11 is 3.56. The first-order valence-corrected chi connectivity index (χ1v) is 7.46. The summed E-state index contributed by atoms with van der Waals surface area (Å²) in [6, 6.07) is 0. The second-order valence-corrected chi connectivity index (χ2v) is 6.36. The van der Waals surface area contributed by atoms with E-state index < -0.39 is 0 Å². The SMILES string of the molecule is CCOC1CC(CC(=O)NCC(Br)C(C)C)C1. The maximum atomic E-state index is 11.7. The number of nitrogens with one attached hydrogen (secondary N) is 1. The average molecular weight is 306 g/mol. The number of ether oxygens (including phenoxy) is 1. The Morgan fingerprint density at radius 2 is 2.12 bits per heavy atom. The van der Waals surface area contributed by atoms with Crippen LogP contribution in [0.1, 0.15) is 40.0 Å². The lowest BCUT2D eigenvalue weighted by Gasteiger charge is -2.34. The van der Waals surface area contributed by atoms with Crippen molar-refractivity contribution in [3.8, 4) is 0 Å². The first-order chi connectivity index (χ1) is 8.02. The van der Waals surface area contributed by atoms with Crippen LogP contribution in [0, 0.1) is 11.8 Å². The first kappa shape index (κ1) is 15.0. The molecule has 0 saturated heterocycles. The van der Waals surface area contributed by atoms with E-state index in [2.05, 4.69) is 35.1 Å². The van der Waals surface area contributed by atoms with Gasteiger partial charge in [0, 0.05) is 24.4 Å². The molecule has 0 aromatic carbocycles. The Labute approximate surface area is 113 Å². The highest BCUT2D eigenvalue weighted by Gasteiger charge is 2.31. The number of halogens is 1. The zero-order valence-electron chi connectivity index (χ0n) is 11.0. The smallest absolute Gasteiger partial charge is 0.220 e. The molecule has 0 spiro atoms. The minimum Gasteiger partial charge on any atom is -0.378 e. The molecule has 100 valence electrons. The molecule has 0 heterocycles. The second kappa shape index (κ2) is 7.37. The van der Waals surface area contributed by atoms with Crippen LogP contribution in [0.3, 0.4) is 0 Å². The lowest BCUT2D eigenvalue weighted by Crippen LogP contribution is -2.37. The fourth-order valence-electron chi connectivity index (χ4n) is 1.99. The largest absolute Gasteiger partial charge is 0.378 e. The van der Waals surface area contributed by atoms with E-state index in [1.54, 1.807) is 0 Å². The molecule has 1 rings (SSSR count). The van der Waals surface area contributed by atoms with Crippen molar-refractivity contribution in [1.82, 2.24) is 5.32 Å². The third kappa shape index (κ3) is 5.38. The predicted octanol–water partition coefficient (Wildman–Crippen LogP) is 2.73. The number of carbonyl (C=O) groups is 1. The summed E-state index contributed by atoms with van der Waals surface area (Å²) in [6.45, 7) is 7.80. The predicted molar refractivity (Wildman–Crippen MR) is 73.3 cm³/mol. The van der Waals surface area contributed by atoms with Gasteiger partial charge in [-0.2, -0.15) is 0 Å². The van der Waals surface area contributed by atoms with Gasteiger partial charge in [0.2, 0.25) is 5.91 Å². The summed E-state index contributed by atoms with van der Waals surface area (Å²) in [5.74, 6) is 1.25. The highest BCUT2D eigenvalue weighted by molar-refractivity contribution is 9.09. The topological polar surface area (TPSA) is 38.3 Å². The summed E-state index contributed by atoms with van der Waals surface area (Å²) in [5, 5.41) is 2.98. The molecule has 17 heavy (non-hydrogen) atoms. The molecule has 1 amide bonds. The summed E-state index contributed by atoms with van der Waals surface area (Å²) in [5.41, 5.74) is 0. The number of hydrogen-bond acceptors (Lipinski definition) is 2. The Bertz CT molecular complexity index is 240. The Hall–Kier alpha value is -0.0900. The standard InChI is InChI=1S/C13H24BrNO2/c1-4-17-11-5-10(6-11)7-13(16)15-8-12(14)9(2)3/h9-12H,4-8H2,1-3H3,(H,15,16). The van der Waals surface area contributed by atoms with Gasteiger partial charge in [-0.05, 0) is 31.6 Å². The quantitative estimate of drug-likeness (QED) is 0.735. The van der Waals surface area contributed by atoms with Crippen molar-refractivity contribution in [1.29, 1.82) is 0 Å². The lowest BCUT2D eigenvalue weighted by molar-refractivity contribution is -0.124. The zero-order valence-corrected chi connectivity index (χ0v) is 12.6. The van der Waals surface area contributed by atoms with Gasteiger partial charge < -0.3 is 10.1 Å². The molecule has 0 radical (unpaired) electrons. The van der Waals surface area contributed by atoms with Gasteiger partial charge in [-0.15, -0.1) is 0 Å². The number of amides is 1. The van der Waals surface area contributed by atoms with Crippen LogP contribution in [0.4, 0.5) is 0 Å². The molecule has 1 atom stereocenters. The van der Waals surface area contributed by atoms with E-state index in [0.717, 1.165) is 26.0 Å². The minimum atomic E-state index is 0.176. The van der Waals surface area contributed by atoms with E-state index in [1.807, 2.05) is 6.92 Å². The van der Waals surface area contributed by atoms with Crippen molar-refractivity contribution in [2.24, 2.45) is 11.8 Å². The molecule has 4 heteroatoms. The van der Waals surface area contributed by atoms with E-state index in [4.69, 9.17) is 4.74 Å². The van der Waals surface area contributed by atoms with Gasteiger partial charge in [0.15, 0.2) is 0 Å². The molecule has 3 nitrogen and oxygen atoms in total. The summed E-state index contributed by atoms with van der Waals surface area (Å²) < 4.78 is 5.48.